The molecule has 0 atom stereocenters. The molecule has 1 aromatic carbocycles. The van der Waals surface area contributed by atoms with Gasteiger partial charge in [0.05, 0.1) is 17.8 Å². The van der Waals surface area contributed by atoms with Crippen molar-refractivity contribution in [2.75, 3.05) is 12.3 Å². The van der Waals surface area contributed by atoms with Crippen LogP contribution in [0.25, 0.3) is 11.5 Å². The molecule has 0 radical (unpaired) electrons. The Hall–Kier alpha value is -3.75. The summed E-state index contributed by atoms with van der Waals surface area (Å²) in [5.41, 5.74) is 9.96. The van der Waals surface area contributed by atoms with Gasteiger partial charge in [-0.3, -0.25) is 4.79 Å². The fraction of sp³-hybridized carbons (Fsp3) is 0.250. The molecule has 3 N–H and O–H groups in total. The number of amides is 1. The van der Waals surface area contributed by atoms with E-state index in [4.69, 9.17) is 5.73 Å². The Labute approximate surface area is 167 Å². The van der Waals surface area contributed by atoms with Crippen molar-refractivity contribution in [3.8, 4) is 5.69 Å². The van der Waals surface area contributed by atoms with Gasteiger partial charge in [-0.25, -0.2) is 9.67 Å². The molecule has 3 aromatic heterocycles. The highest BCUT2D eigenvalue weighted by Gasteiger charge is 2.15. The van der Waals surface area contributed by atoms with Crippen LogP contribution < -0.4 is 11.1 Å². The average Bonchev–Trinajstić information content (AvgIpc) is 3.32. The van der Waals surface area contributed by atoms with Gasteiger partial charge in [0, 0.05) is 36.1 Å². The Kier molecular flexibility index (Phi) is 4.94. The minimum absolute atomic E-state index is 0.0760. The summed E-state index contributed by atoms with van der Waals surface area (Å²) < 4.78 is 3.40. The van der Waals surface area contributed by atoms with E-state index in [0.717, 1.165) is 28.3 Å². The molecule has 0 unspecified atom stereocenters. The van der Waals surface area contributed by atoms with Crippen LogP contribution in [0.15, 0.2) is 42.6 Å². The van der Waals surface area contributed by atoms with Gasteiger partial charge in [0.25, 0.3) is 5.78 Å². The number of para-hydroxylation sites is 1. The number of nitrogens with one attached hydrogen (secondary N) is 1. The van der Waals surface area contributed by atoms with Crippen LogP contribution in [0, 0.1) is 13.8 Å². The zero-order chi connectivity index (χ0) is 20.4. The van der Waals surface area contributed by atoms with Gasteiger partial charge in [-0.2, -0.15) is 14.6 Å². The van der Waals surface area contributed by atoms with Crippen LogP contribution in [0.4, 0.5) is 5.95 Å². The van der Waals surface area contributed by atoms with Crippen molar-refractivity contribution in [3.05, 3.63) is 65.2 Å². The molecule has 0 spiro atoms. The molecule has 29 heavy (non-hydrogen) atoms. The fourth-order valence-corrected chi connectivity index (χ4v) is 3.25. The summed E-state index contributed by atoms with van der Waals surface area (Å²) in [6.07, 6.45) is 2.79. The van der Waals surface area contributed by atoms with Crippen molar-refractivity contribution in [1.82, 2.24) is 34.7 Å². The Balaban J connectivity index is 1.36. The first-order valence-electron chi connectivity index (χ1n) is 9.36. The Morgan fingerprint density at radius 1 is 1.10 bits per heavy atom. The van der Waals surface area contributed by atoms with Crippen LogP contribution in [0.3, 0.4) is 0 Å². The number of hydrogen-bond acceptors (Lipinski definition) is 6. The summed E-state index contributed by atoms with van der Waals surface area (Å²) in [4.78, 5) is 20.9. The number of anilines is 1. The molecule has 9 heteroatoms. The Morgan fingerprint density at radius 3 is 2.69 bits per heavy atom. The van der Waals surface area contributed by atoms with E-state index in [1.165, 1.54) is 0 Å². The molecule has 0 aliphatic carbocycles. The number of carbonyl (C=O) groups excluding carboxylic acids is 1. The summed E-state index contributed by atoms with van der Waals surface area (Å²) in [6, 6.07) is 11.9. The second-order valence-electron chi connectivity index (χ2n) is 6.81. The van der Waals surface area contributed by atoms with E-state index in [9.17, 15) is 4.79 Å². The van der Waals surface area contributed by atoms with Crippen molar-refractivity contribution >= 4 is 17.6 Å². The third-order valence-electron chi connectivity index (χ3n) is 4.77. The molecule has 1 amide bonds. The predicted molar refractivity (Wildman–Crippen MR) is 109 cm³/mol. The van der Waals surface area contributed by atoms with Gasteiger partial charge < -0.3 is 11.1 Å². The minimum Gasteiger partial charge on any atom is -0.366 e. The van der Waals surface area contributed by atoms with Crippen LogP contribution >= 0.6 is 0 Å². The normalized spacial score (nSPS) is 11.1. The smallest absolute Gasteiger partial charge is 0.254 e. The molecular formula is C20H22N8O. The van der Waals surface area contributed by atoms with E-state index in [-0.39, 0.29) is 18.3 Å². The zero-order valence-electron chi connectivity index (χ0n) is 16.3. The maximum Gasteiger partial charge on any atom is 0.254 e. The monoisotopic (exact) mass is 390 g/mol. The second kappa shape index (κ2) is 7.70. The van der Waals surface area contributed by atoms with Gasteiger partial charge in [-0.1, -0.05) is 18.2 Å². The van der Waals surface area contributed by atoms with Gasteiger partial charge in [0.1, 0.15) is 0 Å². The molecule has 0 saturated heterocycles. The summed E-state index contributed by atoms with van der Waals surface area (Å²) in [5.74, 6) is 0.528. The third kappa shape index (κ3) is 3.93. The lowest BCUT2D eigenvalue weighted by molar-refractivity contribution is -0.120. The van der Waals surface area contributed by atoms with E-state index < -0.39 is 0 Å². The molecule has 4 rings (SSSR count). The van der Waals surface area contributed by atoms with Crippen LogP contribution in [0.5, 0.6) is 0 Å². The van der Waals surface area contributed by atoms with Crippen molar-refractivity contribution in [1.29, 1.82) is 0 Å². The van der Waals surface area contributed by atoms with E-state index in [0.29, 0.717) is 18.7 Å². The Bertz CT molecular complexity index is 1160. The predicted octanol–water partition coefficient (Wildman–Crippen LogP) is 1.41. The van der Waals surface area contributed by atoms with Gasteiger partial charge in [0.2, 0.25) is 11.9 Å². The topological polar surface area (TPSA) is 116 Å². The largest absolute Gasteiger partial charge is 0.366 e. The first kappa shape index (κ1) is 18.6. The fourth-order valence-electron chi connectivity index (χ4n) is 3.25. The second-order valence-corrected chi connectivity index (χ2v) is 6.81. The van der Waals surface area contributed by atoms with Crippen LogP contribution in [-0.4, -0.2) is 41.8 Å². The molecular weight excluding hydrogens is 368 g/mol. The summed E-state index contributed by atoms with van der Waals surface area (Å²) in [5, 5.41) is 11.6. The van der Waals surface area contributed by atoms with Crippen molar-refractivity contribution in [2.24, 2.45) is 0 Å². The third-order valence-corrected chi connectivity index (χ3v) is 4.77. The van der Waals surface area contributed by atoms with Crippen LogP contribution in [0.1, 0.15) is 22.6 Å². The van der Waals surface area contributed by atoms with Crippen LogP contribution in [-0.2, 0) is 17.6 Å². The maximum absolute atomic E-state index is 12.4. The number of nitrogens with zero attached hydrogens (tertiary/aromatic N) is 6. The first-order valence-corrected chi connectivity index (χ1v) is 9.36. The van der Waals surface area contributed by atoms with Crippen molar-refractivity contribution < 1.29 is 4.79 Å². The van der Waals surface area contributed by atoms with Gasteiger partial charge in [-0.15, -0.1) is 5.10 Å². The number of hydrogen-bond donors (Lipinski definition) is 2. The molecule has 0 saturated carbocycles. The number of aryl methyl sites for hydroxylation is 2. The molecule has 4 aromatic rings. The molecule has 3 heterocycles. The first-order chi connectivity index (χ1) is 14.0. The SMILES string of the molecule is Cc1nc2nc(N)nn2c(C)c1CC(=O)NCCc1ccn(-c2ccccc2)n1. The number of rotatable bonds is 6. The Morgan fingerprint density at radius 2 is 1.90 bits per heavy atom. The standard InChI is InChI=1S/C20H22N8O/c1-13-17(14(2)28-20(23-13)24-19(21)26-28)12-18(29)22-10-8-15-9-11-27(25-15)16-6-4-3-5-7-16/h3-7,9,11H,8,10,12H2,1-2H3,(H2,21,26)(H,22,29). The van der Waals surface area contributed by atoms with E-state index in [1.807, 2.05) is 61.1 Å². The molecule has 148 valence electrons. The number of aromatic nitrogens is 6. The van der Waals surface area contributed by atoms with E-state index in [2.05, 4.69) is 25.5 Å². The highest BCUT2D eigenvalue weighted by Crippen LogP contribution is 2.15. The van der Waals surface area contributed by atoms with E-state index >= 15 is 0 Å². The lowest BCUT2D eigenvalue weighted by Crippen LogP contribution is -2.28. The molecule has 0 aliphatic rings. The molecule has 0 aliphatic heterocycles. The molecule has 0 bridgehead atoms. The summed E-state index contributed by atoms with van der Waals surface area (Å²) in [7, 11) is 0. The van der Waals surface area contributed by atoms with Crippen molar-refractivity contribution in [2.45, 2.75) is 26.7 Å². The lowest BCUT2D eigenvalue weighted by atomic mass is 10.1. The van der Waals surface area contributed by atoms with Gasteiger partial charge in [0.15, 0.2) is 0 Å². The van der Waals surface area contributed by atoms with Crippen molar-refractivity contribution in [3.63, 3.8) is 0 Å². The van der Waals surface area contributed by atoms with Crippen LogP contribution in [0.2, 0.25) is 0 Å². The minimum atomic E-state index is -0.0760. The lowest BCUT2D eigenvalue weighted by Gasteiger charge is -2.10. The molecule has 9 nitrogen and oxygen atoms in total. The average molecular weight is 390 g/mol. The van der Waals surface area contributed by atoms with Gasteiger partial charge >= 0.3 is 0 Å². The highest BCUT2D eigenvalue weighted by atomic mass is 16.1. The zero-order valence-corrected chi connectivity index (χ0v) is 16.3. The maximum atomic E-state index is 12.4. The van der Waals surface area contributed by atoms with Gasteiger partial charge in [-0.05, 0) is 32.0 Å². The highest BCUT2D eigenvalue weighted by molar-refractivity contribution is 5.79. The molecule has 0 fully saturated rings. The quantitative estimate of drug-likeness (QED) is 0.514. The number of fused-ring (bicyclic) bond motifs is 1. The van der Waals surface area contributed by atoms with E-state index in [1.54, 1.807) is 4.52 Å². The number of carbonyl (C=O) groups is 1. The number of nitrogen functional groups attached to an aromatic ring is 1. The number of benzene rings is 1. The number of nitrogens with two attached hydrogens (primary N) is 1. The summed E-state index contributed by atoms with van der Waals surface area (Å²) >= 11 is 0. The summed E-state index contributed by atoms with van der Waals surface area (Å²) in [6.45, 7) is 4.25.